The van der Waals surface area contributed by atoms with Crippen molar-refractivity contribution in [2.45, 2.75) is 39.4 Å². The maximum absolute atomic E-state index is 12.4. The number of rotatable bonds is 7. The Kier molecular flexibility index (Phi) is 7.96. The molecule has 2 aromatic rings. The fourth-order valence-corrected chi connectivity index (χ4v) is 4.25. The van der Waals surface area contributed by atoms with E-state index in [1.807, 2.05) is 12.3 Å². The lowest BCUT2D eigenvalue weighted by Crippen LogP contribution is -2.37. The standard InChI is InChI=1S/C25H35N5O2/c1-20-8-10-30(11-9-20)24-7-6-21(16-26-24)17-27-25(31)28-18-22-4-2-3-5-23(22)19-29-12-14-32-15-13-29/h2-7,16,20H,8-15,17-19H2,1H3,(H2,27,28,31). The van der Waals surface area contributed by atoms with Crippen LogP contribution in [-0.2, 0) is 24.4 Å². The molecule has 2 saturated heterocycles. The van der Waals surface area contributed by atoms with Crippen LogP contribution in [0.4, 0.5) is 10.6 Å². The normalized spacial score (nSPS) is 17.8. The molecule has 2 amide bonds. The fraction of sp³-hybridized carbons (Fsp3) is 0.520. The minimum Gasteiger partial charge on any atom is -0.379 e. The number of carbonyl (C=O) groups is 1. The summed E-state index contributed by atoms with van der Waals surface area (Å²) in [6, 6.07) is 12.3. The molecular formula is C25H35N5O2. The monoisotopic (exact) mass is 437 g/mol. The Morgan fingerprint density at radius 2 is 1.72 bits per heavy atom. The summed E-state index contributed by atoms with van der Waals surface area (Å²) in [7, 11) is 0. The van der Waals surface area contributed by atoms with Gasteiger partial charge in [-0.25, -0.2) is 9.78 Å². The topological polar surface area (TPSA) is 69.7 Å². The summed E-state index contributed by atoms with van der Waals surface area (Å²) >= 11 is 0. The number of amides is 2. The van der Waals surface area contributed by atoms with E-state index in [2.05, 4.69) is 62.7 Å². The quantitative estimate of drug-likeness (QED) is 0.696. The number of carbonyl (C=O) groups excluding carboxylic acids is 1. The number of morpholine rings is 1. The first kappa shape index (κ1) is 22.6. The number of hydrogen-bond donors (Lipinski definition) is 2. The van der Waals surface area contributed by atoms with Gasteiger partial charge in [0.15, 0.2) is 0 Å². The molecule has 2 aliphatic heterocycles. The van der Waals surface area contributed by atoms with E-state index in [1.54, 1.807) is 0 Å². The summed E-state index contributed by atoms with van der Waals surface area (Å²) < 4.78 is 5.44. The zero-order valence-electron chi connectivity index (χ0n) is 19.1. The van der Waals surface area contributed by atoms with Gasteiger partial charge in [-0.05, 0) is 41.5 Å². The smallest absolute Gasteiger partial charge is 0.315 e. The van der Waals surface area contributed by atoms with Gasteiger partial charge in [0.1, 0.15) is 5.82 Å². The van der Waals surface area contributed by atoms with E-state index in [9.17, 15) is 4.79 Å². The fourth-order valence-electron chi connectivity index (χ4n) is 4.25. The Balaban J connectivity index is 1.22. The van der Waals surface area contributed by atoms with Crippen molar-refractivity contribution in [2.24, 2.45) is 5.92 Å². The maximum atomic E-state index is 12.4. The third-order valence-corrected chi connectivity index (χ3v) is 6.43. The van der Waals surface area contributed by atoms with E-state index >= 15 is 0 Å². The van der Waals surface area contributed by atoms with E-state index in [0.29, 0.717) is 13.1 Å². The van der Waals surface area contributed by atoms with Crippen LogP contribution in [0.15, 0.2) is 42.6 Å². The molecule has 7 nitrogen and oxygen atoms in total. The summed E-state index contributed by atoms with van der Waals surface area (Å²) in [5.41, 5.74) is 3.40. The second-order valence-corrected chi connectivity index (χ2v) is 8.89. The van der Waals surface area contributed by atoms with Crippen molar-refractivity contribution in [1.82, 2.24) is 20.5 Å². The molecule has 7 heteroatoms. The largest absolute Gasteiger partial charge is 0.379 e. The zero-order valence-corrected chi connectivity index (χ0v) is 19.1. The van der Waals surface area contributed by atoms with Gasteiger partial charge in [0, 0.05) is 52.0 Å². The van der Waals surface area contributed by atoms with Gasteiger partial charge in [-0.3, -0.25) is 4.90 Å². The van der Waals surface area contributed by atoms with Gasteiger partial charge in [0.2, 0.25) is 0 Å². The van der Waals surface area contributed by atoms with Crippen molar-refractivity contribution in [3.63, 3.8) is 0 Å². The molecule has 2 aliphatic rings. The molecule has 172 valence electrons. The summed E-state index contributed by atoms with van der Waals surface area (Å²) in [6.07, 6.45) is 4.31. The highest BCUT2D eigenvalue weighted by atomic mass is 16.5. The average Bonchev–Trinajstić information content (AvgIpc) is 2.84. The van der Waals surface area contributed by atoms with Gasteiger partial charge in [-0.1, -0.05) is 37.3 Å². The number of aromatic nitrogens is 1. The van der Waals surface area contributed by atoms with Crippen molar-refractivity contribution in [1.29, 1.82) is 0 Å². The van der Waals surface area contributed by atoms with Crippen LogP contribution in [0, 0.1) is 5.92 Å². The van der Waals surface area contributed by atoms with Crippen molar-refractivity contribution in [3.8, 4) is 0 Å². The Bertz CT molecular complexity index is 859. The van der Waals surface area contributed by atoms with Crippen LogP contribution in [0.25, 0.3) is 0 Å². The number of nitrogens with one attached hydrogen (secondary N) is 2. The summed E-state index contributed by atoms with van der Waals surface area (Å²) in [5.74, 6) is 1.83. The van der Waals surface area contributed by atoms with Gasteiger partial charge < -0.3 is 20.3 Å². The number of ether oxygens (including phenoxy) is 1. The lowest BCUT2D eigenvalue weighted by molar-refractivity contribution is 0.0341. The number of piperidine rings is 1. The van der Waals surface area contributed by atoms with Crippen molar-refractivity contribution in [2.75, 3.05) is 44.3 Å². The lowest BCUT2D eigenvalue weighted by Gasteiger charge is -2.31. The lowest BCUT2D eigenvalue weighted by atomic mass is 9.99. The Morgan fingerprint density at radius 3 is 2.44 bits per heavy atom. The Morgan fingerprint density at radius 1 is 1.00 bits per heavy atom. The number of anilines is 1. The van der Waals surface area contributed by atoms with Crippen molar-refractivity contribution < 1.29 is 9.53 Å². The molecule has 2 fully saturated rings. The number of benzene rings is 1. The molecule has 0 radical (unpaired) electrons. The second kappa shape index (κ2) is 11.3. The molecule has 1 aromatic heterocycles. The van der Waals surface area contributed by atoms with E-state index in [0.717, 1.165) is 68.8 Å². The van der Waals surface area contributed by atoms with E-state index in [1.165, 1.54) is 18.4 Å². The molecule has 0 saturated carbocycles. The van der Waals surface area contributed by atoms with Gasteiger partial charge in [0.25, 0.3) is 0 Å². The van der Waals surface area contributed by atoms with Crippen LogP contribution in [0.1, 0.15) is 36.5 Å². The number of nitrogens with zero attached hydrogens (tertiary/aromatic N) is 3. The van der Waals surface area contributed by atoms with Crippen molar-refractivity contribution >= 4 is 11.8 Å². The predicted octanol–water partition coefficient (Wildman–Crippen LogP) is 3.15. The molecule has 3 heterocycles. The summed E-state index contributed by atoms with van der Waals surface area (Å²) in [5, 5.41) is 5.94. The third kappa shape index (κ3) is 6.43. The Labute approximate surface area is 191 Å². The van der Waals surface area contributed by atoms with Gasteiger partial charge in [-0.15, -0.1) is 0 Å². The first-order chi connectivity index (χ1) is 15.7. The van der Waals surface area contributed by atoms with Crippen molar-refractivity contribution in [3.05, 3.63) is 59.3 Å². The molecule has 0 atom stereocenters. The van der Waals surface area contributed by atoms with Crippen LogP contribution in [0.2, 0.25) is 0 Å². The third-order valence-electron chi connectivity index (χ3n) is 6.43. The molecule has 0 unspecified atom stereocenters. The number of pyridine rings is 1. The summed E-state index contributed by atoms with van der Waals surface area (Å²) in [6.45, 7) is 9.79. The van der Waals surface area contributed by atoms with E-state index in [-0.39, 0.29) is 6.03 Å². The zero-order chi connectivity index (χ0) is 22.2. The maximum Gasteiger partial charge on any atom is 0.315 e. The van der Waals surface area contributed by atoms with E-state index < -0.39 is 0 Å². The number of urea groups is 1. The van der Waals surface area contributed by atoms with Gasteiger partial charge in [-0.2, -0.15) is 0 Å². The van der Waals surface area contributed by atoms with Crippen LogP contribution in [0.5, 0.6) is 0 Å². The predicted molar refractivity (Wildman–Crippen MR) is 126 cm³/mol. The highest BCUT2D eigenvalue weighted by Gasteiger charge is 2.17. The first-order valence-corrected chi connectivity index (χ1v) is 11.8. The van der Waals surface area contributed by atoms with Crippen LogP contribution in [-0.4, -0.2) is 55.3 Å². The van der Waals surface area contributed by atoms with Gasteiger partial charge >= 0.3 is 6.03 Å². The molecule has 0 bridgehead atoms. The number of hydrogen-bond acceptors (Lipinski definition) is 5. The first-order valence-electron chi connectivity index (χ1n) is 11.8. The molecular weight excluding hydrogens is 402 g/mol. The molecule has 32 heavy (non-hydrogen) atoms. The molecule has 4 rings (SSSR count). The minimum atomic E-state index is -0.166. The van der Waals surface area contributed by atoms with E-state index in [4.69, 9.17) is 4.74 Å². The summed E-state index contributed by atoms with van der Waals surface area (Å²) in [4.78, 5) is 21.7. The molecule has 2 N–H and O–H groups in total. The van der Waals surface area contributed by atoms with Gasteiger partial charge in [0.05, 0.1) is 13.2 Å². The minimum absolute atomic E-state index is 0.166. The van der Waals surface area contributed by atoms with Crippen LogP contribution >= 0.6 is 0 Å². The Hall–Kier alpha value is -2.64. The molecule has 0 spiro atoms. The average molecular weight is 438 g/mol. The van der Waals surface area contributed by atoms with Crippen LogP contribution in [0.3, 0.4) is 0 Å². The van der Waals surface area contributed by atoms with Crippen LogP contribution < -0.4 is 15.5 Å². The molecule has 0 aliphatic carbocycles. The molecule has 1 aromatic carbocycles. The highest BCUT2D eigenvalue weighted by molar-refractivity contribution is 5.73. The highest BCUT2D eigenvalue weighted by Crippen LogP contribution is 2.21. The SMILES string of the molecule is CC1CCN(c2ccc(CNC(=O)NCc3ccccc3CN3CCOCC3)cn2)CC1. The second-order valence-electron chi connectivity index (χ2n) is 8.89.